The van der Waals surface area contributed by atoms with Gasteiger partial charge in [-0.25, -0.2) is 4.79 Å². The number of nitrogens with two attached hydrogens (primary N) is 1. The fourth-order valence-corrected chi connectivity index (χ4v) is 2.65. The quantitative estimate of drug-likeness (QED) is 0.134. The summed E-state index contributed by atoms with van der Waals surface area (Å²) in [6.45, 7) is 4.58. The number of aliphatic hydroxyl groups is 1. The van der Waals surface area contributed by atoms with Gasteiger partial charge in [0.15, 0.2) is 0 Å². The van der Waals surface area contributed by atoms with Crippen molar-refractivity contribution >= 4 is 42.3 Å². The summed E-state index contributed by atoms with van der Waals surface area (Å²) in [6.07, 6.45) is -1.72. The minimum Gasteiger partial charge on any atom is -0.481 e. The van der Waals surface area contributed by atoms with Crippen LogP contribution in [-0.2, 0) is 24.0 Å². The van der Waals surface area contributed by atoms with E-state index in [2.05, 4.69) is 28.6 Å². The van der Waals surface area contributed by atoms with Crippen LogP contribution in [0.4, 0.5) is 0 Å². The van der Waals surface area contributed by atoms with Crippen molar-refractivity contribution in [3.05, 3.63) is 0 Å². The lowest BCUT2D eigenvalue weighted by Crippen LogP contribution is -2.60. The summed E-state index contributed by atoms with van der Waals surface area (Å²) in [6, 6.07) is -5.19. The van der Waals surface area contributed by atoms with Crippen LogP contribution in [0, 0.1) is 5.92 Å². The molecule has 0 saturated carbocycles. The molecule has 0 aromatic rings. The van der Waals surface area contributed by atoms with Crippen molar-refractivity contribution in [1.82, 2.24) is 16.0 Å². The van der Waals surface area contributed by atoms with Gasteiger partial charge >= 0.3 is 11.9 Å². The number of aliphatic carboxylic acids is 2. The number of hydrogen-bond donors (Lipinski definition) is 8. The number of amides is 3. The SMILES string of the molecule is CCC(C)C(NC(=O)C(NC(=O)C(CCC(=O)O)NC(=O)C(N)CS)C(C)O)C(=O)O. The molecule has 6 unspecified atom stereocenters. The lowest BCUT2D eigenvalue weighted by Gasteiger charge is -2.27. The zero-order valence-electron chi connectivity index (χ0n) is 17.7. The zero-order valence-corrected chi connectivity index (χ0v) is 18.6. The highest BCUT2D eigenvalue weighted by Gasteiger charge is 2.34. The summed E-state index contributed by atoms with van der Waals surface area (Å²) >= 11 is 3.88. The smallest absolute Gasteiger partial charge is 0.326 e. The first-order valence-corrected chi connectivity index (χ1v) is 10.4. The number of carbonyl (C=O) groups is 5. The number of hydrogen-bond acceptors (Lipinski definition) is 8. The van der Waals surface area contributed by atoms with E-state index in [1.54, 1.807) is 13.8 Å². The maximum absolute atomic E-state index is 12.6. The largest absolute Gasteiger partial charge is 0.481 e. The number of carboxylic acid groups (broad SMARTS) is 2. The molecule has 0 radical (unpaired) electrons. The zero-order chi connectivity index (χ0) is 24.3. The highest BCUT2D eigenvalue weighted by Crippen LogP contribution is 2.09. The van der Waals surface area contributed by atoms with Gasteiger partial charge in [-0.1, -0.05) is 20.3 Å². The van der Waals surface area contributed by atoms with Crippen molar-refractivity contribution in [2.75, 3.05) is 5.75 Å². The summed E-state index contributed by atoms with van der Waals surface area (Å²) in [5.74, 6) is -5.55. The molecule has 0 aromatic heterocycles. The van der Waals surface area contributed by atoms with Gasteiger partial charge in [-0.2, -0.15) is 12.6 Å². The second kappa shape index (κ2) is 13.8. The van der Waals surface area contributed by atoms with Crippen molar-refractivity contribution in [2.24, 2.45) is 11.7 Å². The molecule has 0 rings (SSSR count). The van der Waals surface area contributed by atoms with Crippen molar-refractivity contribution < 1.29 is 39.3 Å². The summed E-state index contributed by atoms with van der Waals surface area (Å²) < 4.78 is 0. The van der Waals surface area contributed by atoms with E-state index in [0.717, 1.165) is 0 Å². The Morgan fingerprint density at radius 1 is 0.935 bits per heavy atom. The minimum atomic E-state index is -1.54. The Hall–Kier alpha value is -2.38. The van der Waals surface area contributed by atoms with Crippen LogP contribution in [-0.4, -0.2) is 81.0 Å². The third-order valence-corrected chi connectivity index (χ3v) is 5.05. The third-order valence-electron chi connectivity index (χ3n) is 4.65. The van der Waals surface area contributed by atoms with Crippen LogP contribution in [0.5, 0.6) is 0 Å². The van der Waals surface area contributed by atoms with Crippen LogP contribution < -0.4 is 21.7 Å². The first-order chi connectivity index (χ1) is 14.3. The average Bonchev–Trinajstić information content (AvgIpc) is 2.70. The molecule has 0 aliphatic carbocycles. The molecular weight excluding hydrogens is 432 g/mol. The van der Waals surface area contributed by atoms with Crippen LogP contribution in [0.2, 0.25) is 0 Å². The molecule has 0 spiro atoms. The number of thiol groups is 1. The Morgan fingerprint density at radius 3 is 1.90 bits per heavy atom. The topological polar surface area (TPSA) is 208 Å². The Labute approximate surface area is 185 Å². The van der Waals surface area contributed by atoms with E-state index >= 15 is 0 Å². The van der Waals surface area contributed by atoms with E-state index in [0.29, 0.717) is 6.42 Å². The van der Waals surface area contributed by atoms with Gasteiger partial charge in [0.1, 0.15) is 18.1 Å². The van der Waals surface area contributed by atoms with Crippen LogP contribution in [0.3, 0.4) is 0 Å². The number of carbonyl (C=O) groups excluding carboxylic acids is 3. The molecule has 0 aliphatic heterocycles. The van der Waals surface area contributed by atoms with Gasteiger partial charge in [0.2, 0.25) is 17.7 Å². The molecular formula is C18H32N4O8S. The van der Waals surface area contributed by atoms with E-state index in [1.807, 2.05) is 0 Å². The molecule has 0 heterocycles. The maximum Gasteiger partial charge on any atom is 0.326 e. The van der Waals surface area contributed by atoms with Gasteiger partial charge in [0, 0.05) is 12.2 Å². The van der Waals surface area contributed by atoms with Gasteiger partial charge in [-0.3, -0.25) is 19.2 Å². The van der Waals surface area contributed by atoms with E-state index in [4.69, 9.17) is 10.8 Å². The first kappa shape index (κ1) is 28.6. The fraction of sp³-hybridized carbons (Fsp3) is 0.722. The fourth-order valence-electron chi connectivity index (χ4n) is 2.48. The van der Waals surface area contributed by atoms with Crippen molar-refractivity contribution in [2.45, 2.75) is 70.3 Å². The lowest BCUT2D eigenvalue weighted by atomic mass is 9.98. The van der Waals surface area contributed by atoms with E-state index in [-0.39, 0.29) is 12.2 Å². The Morgan fingerprint density at radius 2 is 1.48 bits per heavy atom. The molecule has 12 nitrogen and oxygen atoms in total. The van der Waals surface area contributed by atoms with Crippen LogP contribution in [0.15, 0.2) is 0 Å². The van der Waals surface area contributed by atoms with E-state index in [9.17, 15) is 34.2 Å². The molecule has 0 aliphatic rings. The van der Waals surface area contributed by atoms with E-state index in [1.165, 1.54) is 6.92 Å². The number of aliphatic hydroxyl groups excluding tert-OH is 1. The van der Waals surface area contributed by atoms with Crippen molar-refractivity contribution in [1.29, 1.82) is 0 Å². The molecule has 0 aromatic carbocycles. The van der Waals surface area contributed by atoms with Gasteiger partial charge in [0.05, 0.1) is 12.1 Å². The second-order valence-electron chi connectivity index (χ2n) is 7.22. The summed E-state index contributed by atoms with van der Waals surface area (Å²) in [4.78, 5) is 59.5. The molecule has 8 N–H and O–H groups in total. The Bertz CT molecular complexity index is 660. The maximum atomic E-state index is 12.6. The Kier molecular flexibility index (Phi) is 12.8. The monoisotopic (exact) mass is 464 g/mol. The molecule has 31 heavy (non-hydrogen) atoms. The summed E-state index contributed by atoms with van der Waals surface area (Å²) in [5, 5.41) is 35.0. The molecule has 3 amide bonds. The first-order valence-electron chi connectivity index (χ1n) is 9.75. The number of rotatable bonds is 14. The number of nitrogens with one attached hydrogen (secondary N) is 3. The minimum absolute atomic E-state index is 0.0238. The predicted octanol–water partition coefficient (Wildman–Crippen LogP) is -1.93. The normalized spacial score (nSPS) is 16.7. The standard InChI is InChI=1S/C18H32N4O8S/c1-4-8(2)13(18(29)30)21-17(28)14(9(3)23)22-16(27)11(5-6-12(24)25)20-15(26)10(19)7-31/h8-11,13-14,23,31H,4-7,19H2,1-3H3,(H,20,26)(H,21,28)(H,22,27)(H,24,25)(H,29,30). The van der Waals surface area contributed by atoms with Crippen LogP contribution in [0.1, 0.15) is 40.0 Å². The van der Waals surface area contributed by atoms with E-state index < -0.39 is 72.3 Å². The van der Waals surface area contributed by atoms with Gasteiger partial charge < -0.3 is 37.0 Å². The Balaban J connectivity index is 5.47. The third kappa shape index (κ3) is 9.98. The number of carboxylic acids is 2. The summed E-state index contributed by atoms with van der Waals surface area (Å²) in [5.41, 5.74) is 5.55. The highest BCUT2D eigenvalue weighted by molar-refractivity contribution is 7.80. The second-order valence-corrected chi connectivity index (χ2v) is 7.58. The lowest BCUT2D eigenvalue weighted by molar-refractivity contribution is -0.144. The molecule has 0 bridgehead atoms. The average molecular weight is 465 g/mol. The van der Waals surface area contributed by atoms with Gasteiger partial charge in [-0.05, 0) is 19.3 Å². The van der Waals surface area contributed by atoms with Gasteiger partial charge in [0.25, 0.3) is 0 Å². The van der Waals surface area contributed by atoms with Crippen molar-refractivity contribution in [3.63, 3.8) is 0 Å². The molecule has 6 atom stereocenters. The highest BCUT2D eigenvalue weighted by atomic mass is 32.1. The molecule has 0 fully saturated rings. The molecule has 178 valence electrons. The van der Waals surface area contributed by atoms with Crippen LogP contribution in [0.25, 0.3) is 0 Å². The van der Waals surface area contributed by atoms with Gasteiger partial charge in [-0.15, -0.1) is 0 Å². The molecule has 0 saturated heterocycles. The summed E-state index contributed by atoms with van der Waals surface area (Å²) in [7, 11) is 0. The molecule has 13 heteroatoms. The predicted molar refractivity (Wildman–Crippen MR) is 113 cm³/mol. The van der Waals surface area contributed by atoms with Crippen molar-refractivity contribution in [3.8, 4) is 0 Å². The van der Waals surface area contributed by atoms with Crippen LogP contribution >= 0.6 is 12.6 Å².